The SMILES string of the molecule is C=CCOc1c(Cl)cc(CNCCCN(C)C)cc1OC.Cl.Cl. The number of benzene rings is 1. The lowest BCUT2D eigenvalue weighted by Crippen LogP contribution is -2.21. The highest BCUT2D eigenvalue weighted by Crippen LogP contribution is 2.36. The Kier molecular flexibility index (Phi) is 14.7. The van der Waals surface area contributed by atoms with Crippen molar-refractivity contribution in [2.75, 3.05) is 40.9 Å². The van der Waals surface area contributed by atoms with Crippen LogP contribution in [0.25, 0.3) is 0 Å². The normalized spacial score (nSPS) is 9.78. The molecule has 0 saturated heterocycles. The van der Waals surface area contributed by atoms with E-state index in [0.717, 1.165) is 31.6 Å². The third-order valence-corrected chi connectivity index (χ3v) is 3.20. The smallest absolute Gasteiger partial charge is 0.180 e. The second-order valence-corrected chi connectivity index (χ2v) is 5.45. The van der Waals surface area contributed by atoms with E-state index in [1.54, 1.807) is 13.2 Å². The zero-order valence-electron chi connectivity index (χ0n) is 13.9. The number of ether oxygens (including phenoxy) is 2. The van der Waals surface area contributed by atoms with Crippen molar-refractivity contribution < 1.29 is 9.47 Å². The fourth-order valence-electron chi connectivity index (χ4n) is 1.91. The molecule has 0 atom stereocenters. The lowest BCUT2D eigenvalue weighted by molar-refractivity contribution is 0.326. The van der Waals surface area contributed by atoms with Crippen molar-refractivity contribution >= 4 is 36.4 Å². The van der Waals surface area contributed by atoms with E-state index in [4.69, 9.17) is 21.1 Å². The van der Waals surface area contributed by atoms with Crippen LogP contribution in [0.15, 0.2) is 24.8 Å². The van der Waals surface area contributed by atoms with E-state index in [-0.39, 0.29) is 24.8 Å². The van der Waals surface area contributed by atoms with Gasteiger partial charge in [-0.05, 0) is 51.3 Å². The van der Waals surface area contributed by atoms with Crippen molar-refractivity contribution in [3.63, 3.8) is 0 Å². The molecular formula is C16H27Cl3N2O2. The molecule has 0 aromatic heterocycles. The highest BCUT2D eigenvalue weighted by molar-refractivity contribution is 6.32. The van der Waals surface area contributed by atoms with Crippen LogP contribution in [0.4, 0.5) is 0 Å². The van der Waals surface area contributed by atoms with Crippen molar-refractivity contribution in [3.8, 4) is 11.5 Å². The number of nitrogens with zero attached hydrogens (tertiary/aromatic N) is 1. The van der Waals surface area contributed by atoms with Gasteiger partial charge in [-0.1, -0.05) is 24.3 Å². The molecule has 0 spiro atoms. The largest absolute Gasteiger partial charge is 0.493 e. The van der Waals surface area contributed by atoms with Crippen LogP contribution in [0.5, 0.6) is 11.5 Å². The van der Waals surface area contributed by atoms with Gasteiger partial charge in [0, 0.05) is 6.54 Å². The molecule has 0 amide bonds. The van der Waals surface area contributed by atoms with Crippen molar-refractivity contribution in [2.45, 2.75) is 13.0 Å². The standard InChI is InChI=1S/C16H25ClN2O2.2ClH/c1-5-9-21-16-14(17)10-13(11-15(16)20-4)12-18-7-6-8-19(2)3;;/h5,10-11,18H,1,6-9,12H2,2-4H3;2*1H. The summed E-state index contributed by atoms with van der Waals surface area (Å²) in [6.45, 7) is 6.82. The summed E-state index contributed by atoms with van der Waals surface area (Å²) in [5.41, 5.74) is 1.08. The van der Waals surface area contributed by atoms with Crippen molar-refractivity contribution in [3.05, 3.63) is 35.4 Å². The number of halogens is 3. The molecule has 0 radical (unpaired) electrons. The van der Waals surface area contributed by atoms with E-state index in [9.17, 15) is 0 Å². The topological polar surface area (TPSA) is 33.7 Å². The molecule has 134 valence electrons. The van der Waals surface area contributed by atoms with Crippen LogP contribution < -0.4 is 14.8 Å². The van der Waals surface area contributed by atoms with E-state index < -0.39 is 0 Å². The van der Waals surface area contributed by atoms with Crippen LogP contribution in [-0.2, 0) is 6.54 Å². The number of hydrogen-bond donors (Lipinski definition) is 1. The van der Waals surface area contributed by atoms with Crippen molar-refractivity contribution in [2.24, 2.45) is 0 Å². The van der Waals surface area contributed by atoms with Crippen LogP contribution in [0.2, 0.25) is 5.02 Å². The quantitative estimate of drug-likeness (QED) is 0.491. The monoisotopic (exact) mass is 384 g/mol. The molecule has 4 nitrogen and oxygen atoms in total. The summed E-state index contributed by atoms with van der Waals surface area (Å²) in [5.74, 6) is 1.21. The molecule has 0 aliphatic carbocycles. The molecule has 0 aliphatic heterocycles. The lowest BCUT2D eigenvalue weighted by atomic mass is 10.2. The summed E-state index contributed by atoms with van der Waals surface area (Å²) in [6.07, 6.45) is 2.79. The molecule has 0 bridgehead atoms. The Balaban J connectivity index is 0. The fourth-order valence-corrected chi connectivity index (χ4v) is 2.20. The molecule has 0 aliphatic rings. The average Bonchev–Trinajstić information content (AvgIpc) is 2.45. The van der Waals surface area contributed by atoms with E-state index in [0.29, 0.717) is 23.1 Å². The van der Waals surface area contributed by atoms with Crippen LogP contribution in [-0.4, -0.2) is 45.8 Å². The number of rotatable bonds is 10. The maximum atomic E-state index is 6.26. The molecule has 0 unspecified atom stereocenters. The lowest BCUT2D eigenvalue weighted by Gasteiger charge is -2.14. The summed E-state index contributed by atoms with van der Waals surface area (Å²) in [7, 11) is 5.76. The van der Waals surface area contributed by atoms with E-state index in [1.807, 2.05) is 12.1 Å². The van der Waals surface area contributed by atoms with Crippen LogP contribution in [0.3, 0.4) is 0 Å². The van der Waals surface area contributed by atoms with Gasteiger partial charge in [0.05, 0.1) is 12.1 Å². The molecule has 0 saturated carbocycles. The number of methoxy groups -OCH3 is 1. The Morgan fingerprint density at radius 2 is 2.00 bits per heavy atom. The van der Waals surface area contributed by atoms with Crippen molar-refractivity contribution in [1.29, 1.82) is 0 Å². The first-order valence-corrected chi connectivity index (χ1v) is 7.41. The molecule has 23 heavy (non-hydrogen) atoms. The maximum absolute atomic E-state index is 6.26. The molecule has 1 rings (SSSR count). The van der Waals surface area contributed by atoms with E-state index >= 15 is 0 Å². The second kappa shape index (κ2) is 13.8. The minimum Gasteiger partial charge on any atom is -0.493 e. The summed E-state index contributed by atoms with van der Waals surface area (Å²) in [5, 5.41) is 3.96. The minimum atomic E-state index is 0. The Morgan fingerprint density at radius 3 is 2.57 bits per heavy atom. The first kappa shape index (κ1) is 24.6. The van der Waals surface area contributed by atoms with Crippen LogP contribution in [0, 0.1) is 0 Å². The molecule has 7 heteroatoms. The van der Waals surface area contributed by atoms with Crippen LogP contribution >= 0.6 is 36.4 Å². The van der Waals surface area contributed by atoms with Gasteiger partial charge < -0.3 is 19.7 Å². The Bertz CT molecular complexity index is 457. The Hall–Kier alpha value is -0.650. The maximum Gasteiger partial charge on any atom is 0.180 e. The minimum absolute atomic E-state index is 0. The predicted octanol–water partition coefficient (Wildman–Crippen LogP) is 3.80. The third-order valence-electron chi connectivity index (χ3n) is 2.92. The predicted molar refractivity (Wildman–Crippen MR) is 103 cm³/mol. The molecule has 1 N–H and O–H groups in total. The Morgan fingerprint density at radius 1 is 1.30 bits per heavy atom. The molecule has 0 heterocycles. The highest BCUT2D eigenvalue weighted by Gasteiger charge is 2.11. The first-order chi connectivity index (χ1) is 10.1. The van der Waals surface area contributed by atoms with Crippen molar-refractivity contribution in [1.82, 2.24) is 10.2 Å². The fraction of sp³-hybridized carbons (Fsp3) is 0.500. The first-order valence-electron chi connectivity index (χ1n) is 7.04. The van der Waals surface area contributed by atoms with Gasteiger partial charge in [-0.15, -0.1) is 24.8 Å². The van der Waals surface area contributed by atoms with Gasteiger partial charge in [0.25, 0.3) is 0 Å². The average molecular weight is 386 g/mol. The third kappa shape index (κ3) is 9.28. The molecular weight excluding hydrogens is 359 g/mol. The highest BCUT2D eigenvalue weighted by atomic mass is 35.5. The van der Waals surface area contributed by atoms with Gasteiger partial charge in [0.1, 0.15) is 6.61 Å². The van der Waals surface area contributed by atoms with Gasteiger partial charge >= 0.3 is 0 Å². The number of hydrogen-bond acceptors (Lipinski definition) is 4. The van der Waals surface area contributed by atoms with Gasteiger partial charge in [-0.3, -0.25) is 0 Å². The van der Waals surface area contributed by atoms with Gasteiger partial charge in [-0.25, -0.2) is 0 Å². The van der Waals surface area contributed by atoms with Gasteiger partial charge in [0.2, 0.25) is 0 Å². The summed E-state index contributed by atoms with van der Waals surface area (Å²) < 4.78 is 10.9. The van der Waals surface area contributed by atoms with Gasteiger partial charge in [0.15, 0.2) is 11.5 Å². The number of nitrogens with one attached hydrogen (secondary N) is 1. The van der Waals surface area contributed by atoms with Crippen LogP contribution in [0.1, 0.15) is 12.0 Å². The Labute approximate surface area is 157 Å². The van der Waals surface area contributed by atoms with Gasteiger partial charge in [-0.2, -0.15) is 0 Å². The molecule has 0 fully saturated rings. The molecule has 1 aromatic rings. The van der Waals surface area contributed by atoms with E-state index in [2.05, 4.69) is 30.9 Å². The zero-order chi connectivity index (χ0) is 15.7. The summed E-state index contributed by atoms with van der Waals surface area (Å²) in [6, 6.07) is 3.85. The summed E-state index contributed by atoms with van der Waals surface area (Å²) in [4.78, 5) is 2.17. The molecule has 1 aromatic carbocycles. The van der Waals surface area contributed by atoms with E-state index in [1.165, 1.54) is 0 Å². The zero-order valence-corrected chi connectivity index (χ0v) is 16.3. The second-order valence-electron chi connectivity index (χ2n) is 5.04. The summed E-state index contributed by atoms with van der Waals surface area (Å²) >= 11 is 6.26.